The number of carbonyl (C=O) groups is 2. The number of furan rings is 1. The number of thiophene rings is 1. The number of ether oxygens (including phenoxy) is 2. The molecule has 1 atom stereocenters. The molecule has 0 radical (unpaired) electrons. The van der Waals surface area contributed by atoms with Crippen molar-refractivity contribution in [2.24, 2.45) is 5.10 Å². The van der Waals surface area contributed by atoms with Crippen LogP contribution in [0.2, 0.25) is 0 Å². The quantitative estimate of drug-likeness (QED) is 0.195. The van der Waals surface area contributed by atoms with Gasteiger partial charge in [0.25, 0.3) is 11.8 Å². The molecule has 5 aromatic rings. The number of rotatable bonds is 11. The summed E-state index contributed by atoms with van der Waals surface area (Å²) in [6.45, 7) is 0.105. The lowest BCUT2D eigenvalue weighted by Gasteiger charge is -2.24. The molecule has 44 heavy (non-hydrogen) atoms. The Morgan fingerprint density at radius 2 is 1.89 bits per heavy atom. The first-order valence-corrected chi connectivity index (χ1v) is 15.5. The van der Waals surface area contributed by atoms with Crippen LogP contribution in [0.5, 0.6) is 11.5 Å². The fourth-order valence-corrected chi connectivity index (χ4v) is 6.48. The molecule has 2 aromatic carbocycles. The molecule has 4 heterocycles. The molecule has 3 aromatic heterocycles. The maximum absolute atomic E-state index is 13.9. The molecule has 224 valence electrons. The molecule has 6 rings (SSSR count). The van der Waals surface area contributed by atoms with Crippen LogP contribution < -0.4 is 14.8 Å². The molecule has 0 fully saturated rings. The maximum atomic E-state index is 13.9. The third-order valence-electron chi connectivity index (χ3n) is 6.96. The summed E-state index contributed by atoms with van der Waals surface area (Å²) in [5.74, 6) is 1.34. The van der Waals surface area contributed by atoms with Crippen molar-refractivity contribution in [1.82, 2.24) is 25.1 Å². The number of para-hydroxylation sites is 2. The van der Waals surface area contributed by atoms with Crippen LogP contribution in [0.15, 0.2) is 99.1 Å². The van der Waals surface area contributed by atoms with Gasteiger partial charge in [0.05, 0.1) is 49.4 Å². The predicted octanol–water partition coefficient (Wildman–Crippen LogP) is 5.34. The Balaban J connectivity index is 1.26. The van der Waals surface area contributed by atoms with E-state index in [0.717, 1.165) is 21.8 Å². The van der Waals surface area contributed by atoms with Crippen molar-refractivity contribution in [3.8, 4) is 17.2 Å². The van der Waals surface area contributed by atoms with E-state index >= 15 is 0 Å². The number of hydrogen-bond acceptors (Lipinski definition) is 10. The van der Waals surface area contributed by atoms with Gasteiger partial charge in [0, 0.05) is 17.7 Å². The topological polar surface area (TPSA) is 124 Å². The number of amides is 2. The molecule has 0 saturated heterocycles. The number of nitrogens with one attached hydrogen (secondary N) is 1. The van der Waals surface area contributed by atoms with Crippen molar-refractivity contribution in [1.29, 1.82) is 0 Å². The number of hydrazone groups is 1. The molecule has 11 nitrogen and oxygen atoms in total. The molecule has 1 N–H and O–H groups in total. The van der Waals surface area contributed by atoms with E-state index in [2.05, 4.69) is 15.5 Å². The second-order valence-electron chi connectivity index (χ2n) is 9.58. The Hall–Kier alpha value is -4.88. The molecular formula is C31H28N6O5S2. The van der Waals surface area contributed by atoms with Crippen LogP contribution in [0, 0.1) is 0 Å². The van der Waals surface area contributed by atoms with Crippen LogP contribution in [0.1, 0.15) is 39.3 Å². The zero-order valence-corrected chi connectivity index (χ0v) is 25.5. The highest BCUT2D eigenvalue weighted by molar-refractivity contribution is 7.99. The minimum absolute atomic E-state index is 0.0493. The number of aromatic nitrogens is 3. The van der Waals surface area contributed by atoms with E-state index in [1.165, 1.54) is 23.0 Å². The van der Waals surface area contributed by atoms with Gasteiger partial charge in [-0.15, -0.1) is 21.5 Å². The van der Waals surface area contributed by atoms with Crippen LogP contribution in [0.25, 0.3) is 5.69 Å². The zero-order valence-electron chi connectivity index (χ0n) is 23.9. The highest BCUT2D eigenvalue weighted by Gasteiger charge is 2.36. The number of nitrogens with zero attached hydrogens (tertiary/aromatic N) is 5. The first-order valence-electron chi connectivity index (χ1n) is 13.7. The van der Waals surface area contributed by atoms with Crippen LogP contribution in [-0.2, 0) is 11.3 Å². The average Bonchev–Trinajstić information content (AvgIpc) is 3.89. The Morgan fingerprint density at radius 1 is 1.02 bits per heavy atom. The third-order valence-corrected chi connectivity index (χ3v) is 8.79. The van der Waals surface area contributed by atoms with E-state index < -0.39 is 0 Å². The number of methoxy groups -OCH3 is 2. The lowest BCUT2D eigenvalue weighted by molar-refractivity contribution is -0.130. The molecule has 0 spiro atoms. The van der Waals surface area contributed by atoms with Crippen LogP contribution in [0.3, 0.4) is 0 Å². The number of carbonyl (C=O) groups excluding carboxylic acids is 2. The normalized spacial score (nSPS) is 14.4. The van der Waals surface area contributed by atoms with Gasteiger partial charge < -0.3 is 19.2 Å². The lowest BCUT2D eigenvalue weighted by Crippen LogP contribution is -2.29. The van der Waals surface area contributed by atoms with E-state index in [4.69, 9.17) is 19.0 Å². The van der Waals surface area contributed by atoms with E-state index in [-0.39, 0.29) is 35.9 Å². The number of thioether (sulfide) groups is 1. The first kappa shape index (κ1) is 29.2. The zero-order chi connectivity index (χ0) is 30.5. The molecular weight excluding hydrogens is 601 g/mol. The van der Waals surface area contributed by atoms with Crippen molar-refractivity contribution in [3.05, 3.63) is 106 Å². The molecule has 2 amide bonds. The Bertz CT molecular complexity index is 1770. The summed E-state index contributed by atoms with van der Waals surface area (Å²) in [7, 11) is 3.17. The number of hydrogen-bond donors (Lipinski definition) is 1. The van der Waals surface area contributed by atoms with Gasteiger partial charge in [0.15, 0.2) is 28.2 Å². The van der Waals surface area contributed by atoms with Gasteiger partial charge in [-0.05, 0) is 41.8 Å². The van der Waals surface area contributed by atoms with E-state index in [1.807, 2.05) is 70.6 Å². The molecule has 0 saturated carbocycles. The summed E-state index contributed by atoms with van der Waals surface area (Å²) in [6, 6.07) is 22.0. The Kier molecular flexibility index (Phi) is 8.75. The minimum Gasteiger partial charge on any atom is -0.493 e. The highest BCUT2D eigenvalue weighted by Crippen LogP contribution is 2.42. The van der Waals surface area contributed by atoms with Gasteiger partial charge in [-0.3, -0.25) is 14.2 Å². The van der Waals surface area contributed by atoms with E-state index in [9.17, 15) is 9.59 Å². The second-order valence-corrected chi connectivity index (χ2v) is 11.5. The van der Waals surface area contributed by atoms with Crippen molar-refractivity contribution in [2.75, 3.05) is 20.0 Å². The summed E-state index contributed by atoms with van der Waals surface area (Å²) in [4.78, 5) is 27.4. The molecule has 0 aliphatic carbocycles. The maximum Gasteiger partial charge on any atom is 0.287 e. The van der Waals surface area contributed by atoms with Crippen molar-refractivity contribution in [2.45, 2.75) is 24.2 Å². The van der Waals surface area contributed by atoms with Gasteiger partial charge >= 0.3 is 0 Å². The molecule has 13 heteroatoms. The monoisotopic (exact) mass is 628 g/mol. The van der Waals surface area contributed by atoms with Crippen molar-refractivity contribution >= 4 is 40.6 Å². The lowest BCUT2D eigenvalue weighted by atomic mass is 9.99. The van der Waals surface area contributed by atoms with E-state index in [1.54, 1.807) is 37.7 Å². The van der Waals surface area contributed by atoms with E-state index in [0.29, 0.717) is 28.9 Å². The predicted molar refractivity (Wildman–Crippen MR) is 167 cm³/mol. The van der Waals surface area contributed by atoms with Crippen molar-refractivity contribution < 1.29 is 23.5 Å². The Morgan fingerprint density at radius 3 is 2.61 bits per heavy atom. The fourth-order valence-electron chi connectivity index (χ4n) is 4.94. The van der Waals surface area contributed by atoms with Crippen LogP contribution >= 0.6 is 23.1 Å². The first-order chi connectivity index (χ1) is 21.6. The summed E-state index contributed by atoms with van der Waals surface area (Å²) in [5, 5.41) is 20.3. The van der Waals surface area contributed by atoms with Gasteiger partial charge in [-0.2, -0.15) is 5.10 Å². The summed E-state index contributed by atoms with van der Waals surface area (Å²) < 4.78 is 18.3. The van der Waals surface area contributed by atoms with Crippen LogP contribution in [0.4, 0.5) is 0 Å². The Labute approximate surface area is 261 Å². The van der Waals surface area contributed by atoms with Gasteiger partial charge in [0.1, 0.15) is 0 Å². The summed E-state index contributed by atoms with van der Waals surface area (Å²) in [5.41, 5.74) is 2.44. The molecule has 0 unspecified atom stereocenters. The average molecular weight is 629 g/mol. The second kappa shape index (κ2) is 13.2. The molecule has 1 aliphatic heterocycles. The highest BCUT2D eigenvalue weighted by atomic mass is 32.2. The van der Waals surface area contributed by atoms with Crippen molar-refractivity contribution in [3.63, 3.8) is 0 Å². The third kappa shape index (κ3) is 5.96. The van der Waals surface area contributed by atoms with Gasteiger partial charge in [-0.1, -0.05) is 48.2 Å². The SMILES string of the molecule is COc1cccc([C@H]2CC(c3cccs3)=NN2C(=O)CSc2nnc(CNC(=O)c3ccco3)n2-c2ccccc2)c1OC. The smallest absolute Gasteiger partial charge is 0.287 e. The standard InChI is InChI=1S/C31H28N6O5S2/c1-40-24-12-6-11-21(29(24)41-2)23-17-22(26-14-8-16-43-26)35-37(23)28(38)19-44-31-34-33-27(36(31)20-9-4-3-5-10-20)18-32-30(39)25-13-7-15-42-25/h3-16,23H,17-19H2,1-2H3,(H,32,39)/t23-/m1/s1. The fraction of sp³-hybridized carbons (Fsp3) is 0.194. The largest absolute Gasteiger partial charge is 0.493 e. The van der Waals surface area contributed by atoms with Crippen LogP contribution in [-0.4, -0.2) is 57.3 Å². The number of benzene rings is 2. The van der Waals surface area contributed by atoms with Gasteiger partial charge in [-0.25, -0.2) is 5.01 Å². The summed E-state index contributed by atoms with van der Waals surface area (Å²) >= 11 is 2.83. The summed E-state index contributed by atoms with van der Waals surface area (Å²) in [6.07, 6.45) is 1.97. The molecule has 1 aliphatic rings. The van der Waals surface area contributed by atoms with Gasteiger partial charge in [0.2, 0.25) is 0 Å². The molecule has 0 bridgehead atoms. The minimum atomic E-state index is -0.385.